The number of hydrogen-bond donors (Lipinski definition) is 0. The third-order valence-corrected chi connectivity index (χ3v) is 4.60. The second kappa shape index (κ2) is 12.9. The molecule has 122 valence electrons. The summed E-state index contributed by atoms with van der Waals surface area (Å²) in [6, 6.07) is 0. The molecule has 0 spiro atoms. The van der Waals surface area contributed by atoms with Gasteiger partial charge in [0.1, 0.15) is 13.1 Å². The lowest BCUT2D eigenvalue weighted by molar-refractivity contribution is -0.917. The van der Waals surface area contributed by atoms with Gasteiger partial charge >= 0.3 is 0 Å². The summed E-state index contributed by atoms with van der Waals surface area (Å²) >= 11 is 0. The van der Waals surface area contributed by atoms with Crippen LogP contribution in [0.4, 0.5) is 0 Å². The summed E-state index contributed by atoms with van der Waals surface area (Å²) < 4.78 is 6.70. The second-order valence-corrected chi connectivity index (χ2v) is 6.58. The molecule has 0 aliphatic carbocycles. The number of unbranched alkanes of at least 4 members (excludes halogenated alkanes) is 9. The van der Waals surface area contributed by atoms with Crippen molar-refractivity contribution in [2.75, 3.05) is 39.9 Å². The molecule has 0 unspecified atom stereocenters. The number of nitrogens with zero attached hydrogens (tertiary/aromatic N) is 1. The van der Waals surface area contributed by atoms with Gasteiger partial charge in [0.2, 0.25) is 0 Å². The third-order valence-electron chi connectivity index (χ3n) is 4.60. The van der Waals surface area contributed by atoms with E-state index in [1.54, 1.807) is 0 Å². The fourth-order valence-electron chi connectivity index (χ4n) is 2.99. The minimum Gasteiger partial charge on any atom is -1.00 e. The Balaban J connectivity index is 0.00000361. The Morgan fingerprint density at radius 1 is 0.750 bits per heavy atom. The van der Waals surface area contributed by atoms with Gasteiger partial charge in [-0.25, -0.2) is 0 Å². The maximum atomic E-state index is 5.45. The van der Waals surface area contributed by atoms with E-state index in [1.807, 2.05) is 0 Å². The van der Waals surface area contributed by atoms with Crippen LogP contribution in [0.3, 0.4) is 0 Å². The second-order valence-electron chi connectivity index (χ2n) is 6.58. The van der Waals surface area contributed by atoms with E-state index in [2.05, 4.69) is 14.0 Å². The molecule has 1 fully saturated rings. The fraction of sp³-hybridized carbons (Fsp3) is 1.00. The number of morpholine rings is 1. The highest BCUT2D eigenvalue weighted by molar-refractivity contribution is 4.50. The van der Waals surface area contributed by atoms with Crippen molar-refractivity contribution < 1.29 is 21.6 Å². The van der Waals surface area contributed by atoms with Gasteiger partial charge in [0.05, 0.1) is 26.8 Å². The average Bonchev–Trinajstić information content (AvgIpc) is 2.42. The van der Waals surface area contributed by atoms with Gasteiger partial charge < -0.3 is 21.6 Å². The predicted molar refractivity (Wildman–Crippen MR) is 83.4 cm³/mol. The third kappa shape index (κ3) is 10.0. The molecule has 20 heavy (non-hydrogen) atoms. The summed E-state index contributed by atoms with van der Waals surface area (Å²) in [5.41, 5.74) is 0. The zero-order chi connectivity index (χ0) is 13.8. The fourth-order valence-corrected chi connectivity index (χ4v) is 2.99. The van der Waals surface area contributed by atoms with Gasteiger partial charge in [-0.2, -0.15) is 0 Å². The Morgan fingerprint density at radius 2 is 1.20 bits per heavy atom. The summed E-state index contributed by atoms with van der Waals surface area (Å²) in [6.45, 7) is 8.02. The van der Waals surface area contributed by atoms with Crippen molar-refractivity contribution in [2.24, 2.45) is 0 Å². The number of rotatable bonds is 11. The number of halogens is 1. The monoisotopic (exact) mass is 305 g/mol. The molecule has 1 heterocycles. The maximum absolute atomic E-state index is 5.45. The van der Waals surface area contributed by atoms with E-state index < -0.39 is 0 Å². The topological polar surface area (TPSA) is 9.23 Å². The average molecular weight is 306 g/mol. The van der Waals surface area contributed by atoms with E-state index in [1.165, 1.54) is 88.3 Å². The Kier molecular flexibility index (Phi) is 13.0. The van der Waals surface area contributed by atoms with E-state index in [4.69, 9.17) is 4.74 Å². The van der Waals surface area contributed by atoms with Crippen LogP contribution < -0.4 is 12.4 Å². The first-order valence-corrected chi connectivity index (χ1v) is 8.68. The van der Waals surface area contributed by atoms with E-state index in [0.29, 0.717) is 0 Å². The van der Waals surface area contributed by atoms with Crippen molar-refractivity contribution >= 4 is 0 Å². The smallest absolute Gasteiger partial charge is 0.102 e. The molecule has 0 atom stereocenters. The van der Waals surface area contributed by atoms with Crippen LogP contribution in [-0.4, -0.2) is 44.4 Å². The lowest BCUT2D eigenvalue weighted by Crippen LogP contribution is -3.00. The number of likely N-dealkylation sites (N-methyl/N-ethyl adjacent to an activating group) is 1. The first-order chi connectivity index (χ1) is 9.27. The molecule has 3 heteroatoms. The van der Waals surface area contributed by atoms with Crippen LogP contribution in [-0.2, 0) is 4.74 Å². The normalized spacial score (nSPS) is 17.7. The number of hydrogen-bond acceptors (Lipinski definition) is 1. The highest BCUT2D eigenvalue weighted by atomic mass is 35.5. The maximum Gasteiger partial charge on any atom is 0.102 e. The summed E-state index contributed by atoms with van der Waals surface area (Å²) in [4.78, 5) is 0. The number of ether oxygens (including phenoxy) is 1. The van der Waals surface area contributed by atoms with Gasteiger partial charge in [-0.05, 0) is 12.8 Å². The van der Waals surface area contributed by atoms with Crippen LogP contribution in [0.25, 0.3) is 0 Å². The van der Waals surface area contributed by atoms with Crippen LogP contribution in [0.5, 0.6) is 0 Å². The Hall–Kier alpha value is 0.210. The van der Waals surface area contributed by atoms with Crippen molar-refractivity contribution in [3.63, 3.8) is 0 Å². The Bertz CT molecular complexity index is 205. The quantitative estimate of drug-likeness (QED) is 0.414. The molecule has 1 rings (SSSR count). The van der Waals surface area contributed by atoms with Crippen LogP contribution in [0.15, 0.2) is 0 Å². The van der Waals surface area contributed by atoms with E-state index in [0.717, 1.165) is 13.2 Å². The molecule has 2 nitrogen and oxygen atoms in total. The molecule has 1 aliphatic rings. The zero-order valence-electron chi connectivity index (χ0n) is 13.8. The van der Waals surface area contributed by atoms with Gasteiger partial charge in [0.25, 0.3) is 0 Å². The molecule has 0 aromatic carbocycles. The first-order valence-electron chi connectivity index (χ1n) is 8.68. The summed E-state index contributed by atoms with van der Waals surface area (Å²) in [5.74, 6) is 0. The zero-order valence-corrected chi connectivity index (χ0v) is 14.6. The lowest BCUT2D eigenvalue weighted by Gasteiger charge is -2.37. The van der Waals surface area contributed by atoms with Crippen LogP contribution in [0.2, 0.25) is 0 Å². The molecule has 0 bridgehead atoms. The van der Waals surface area contributed by atoms with Crippen LogP contribution in [0.1, 0.15) is 71.1 Å². The lowest BCUT2D eigenvalue weighted by atomic mass is 10.1. The van der Waals surface area contributed by atoms with Crippen LogP contribution >= 0.6 is 0 Å². The molecule has 0 aromatic rings. The Morgan fingerprint density at radius 3 is 1.70 bits per heavy atom. The van der Waals surface area contributed by atoms with Crippen molar-refractivity contribution in [1.29, 1.82) is 0 Å². The number of quaternary nitrogens is 1. The van der Waals surface area contributed by atoms with E-state index in [9.17, 15) is 0 Å². The molecular weight excluding hydrogens is 270 g/mol. The molecule has 0 amide bonds. The molecular formula is C17H36ClNO. The molecule has 1 aliphatic heterocycles. The van der Waals surface area contributed by atoms with Crippen LogP contribution in [0, 0.1) is 0 Å². The standard InChI is InChI=1S/C17H36NO.ClH/c1-3-4-5-6-7-8-9-10-11-12-13-18(2)14-16-19-17-15-18;/h3-17H2,1-2H3;1H/q+1;/p-1. The molecule has 0 radical (unpaired) electrons. The van der Waals surface area contributed by atoms with Crippen molar-refractivity contribution in [3.8, 4) is 0 Å². The van der Waals surface area contributed by atoms with Gasteiger partial charge in [-0.3, -0.25) is 0 Å². The molecule has 0 aromatic heterocycles. The molecule has 0 saturated carbocycles. The summed E-state index contributed by atoms with van der Waals surface area (Å²) in [5, 5.41) is 0. The Labute approximate surface area is 133 Å². The van der Waals surface area contributed by atoms with Gasteiger partial charge in [-0.1, -0.05) is 58.3 Å². The van der Waals surface area contributed by atoms with Crippen molar-refractivity contribution in [2.45, 2.75) is 71.1 Å². The minimum absolute atomic E-state index is 0. The van der Waals surface area contributed by atoms with E-state index >= 15 is 0 Å². The molecule has 1 saturated heterocycles. The SMILES string of the molecule is CCCCCCCCCCCC[N+]1(C)CCOCC1.[Cl-]. The van der Waals surface area contributed by atoms with Gasteiger partial charge in [0, 0.05) is 0 Å². The van der Waals surface area contributed by atoms with Crippen molar-refractivity contribution in [3.05, 3.63) is 0 Å². The summed E-state index contributed by atoms with van der Waals surface area (Å²) in [7, 11) is 2.40. The van der Waals surface area contributed by atoms with Gasteiger partial charge in [0.15, 0.2) is 0 Å². The largest absolute Gasteiger partial charge is 1.00 e. The summed E-state index contributed by atoms with van der Waals surface area (Å²) in [6.07, 6.45) is 14.4. The molecule has 0 N–H and O–H groups in total. The predicted octanol–water partition coefficient (Wildman–Crippen LogP) is 1.39. The highest BCUT2D eigenvalue weighted by Crippen LogP contribution is 2.13. The highest BCUT2D eigenvalue weighted by Gasteiger charge is 2.23. The van der Waals surface area contributed by atoms with Crippen molar-refractivity contribution in [1.82, 2.24) is 0 Å². The van der Waals surface area contributed by atoms with E-state index in [-0.39, 0.29) is 12.4 Å². The van der Waals surface area contributed by atoms with Gasteiger partial charge in [-0.15, -0.1) is 0 Å². The minimum atomic E-state index is 0. The first kappa shape index (κ1) is 20.2.